The Morgan fingerprint density at radius 1 is 1.34 bits per heavy atom. The third-order valence-electron chi connectivity index (χ3n) is 8.83. The van der Waals surface area contributed by atoms with E-state index in [-0.39, 0.29) is 35.6 Å². The summed E-state index contributed by atoms with van der Waals surface area (Å²) in [4.78, 5) is 24.9. The first kappa shape index (κ1) is 23.7. The van der Waals surface area contributed by atoms with Gasteiger partial charge in [0, 0.05) is 5.57 Å². The topological polar surface area (TPSA) is 96.4 Å². The highest BCUT2D eigenvalue weighted by molar-refractivity contribution is 6.02. The lowest BCUT2D eigenvalue weighted by molar-refractivity contribution is -0.145. The first-order chi connectivity index (χ1) is 14.9. The molecule has 0 amide bonds. The molecule has 2 N–H and O–H groups in total. The number of ether oxygens (including phenoxy) is 2. The summed E-state index contributed by atoms with van der Waals surface area (Å²) >= 11 is 0. The minimum Gasteiger partial charge on any atom is -0.461 e. The van der Waals surface area contributed by atoms with Gasteiger partial charge in [-0.3, -0.25) is 9.59 Å². The van der Waals surface area contributed by atoms with Crippen molar-refractivity contribution in [3.63, 3.8) is 0 Å². The van der Waals surface area contributed by atoms with Crippen LogP contribution >= 0.6 is 0 Å². The summed E-state index contributed by atoms with van der Waals surface area (Å²) in [6.07, 6.45) is 5.13. The first-order valence-corrected chi connectivity index (χ1v) is 12.0. The van der Waals surface area contributed by atoms with Crippen molar-refractivity contribution in [2.45, 2.75) is 96.6 Å². The Kier molecular flexibility index (Phi) is 5.96. The highest BCUT2D eigenvalue weighted by atomic mass is 16.6. The molecule has 6 nitrogen and oxygen atoms in total. The maximum Gasteiger partial charge on any atom is 0.308 e. The molecule has 1 heterocycles. The number of hydrogen-bond acceptors (Lipinski definition) is 6. The average Bonchev–Trinajstić information content (AvgIpc) is 3.42. The molecule has 0 bridgehead atoms. The molecule has 4 aliphatic rings. The zero-order valence-electron chi connectivity index (χ0n) is 19.9. The molecule has 6 heteroatoms. The molecule has 1 aliphatic heterocycles. The Balaban J connectivity index is 1.50. The van der Waals surface area contributed by atoms with Crippen molar-refractivity contribution >= 4 is 11.8 Å². The maximum absolute atomic E-state index is 13.2. The second-order valence-electron chi connectivity index (χ2n) is 11.5. The zero-order valence-corrected chi connectivity index (χ0v) is 19.9. The lowest BCUT2D eigenvalue weighted by Crippen LogP contribution is -2.51. The van der Waals surface area contributed by atoms with Gasteiger partial charge in [-0.15, -0.1) is 0 Å². The largest absolute Gasteiger partial charge is 0.461 e. The van der Waals surface area contributed by atoms with Crippen molar-refractivity contribution in [2.24, 2.45) is 22.7 Å². The van der Waals surface area contributed by atoms with Crippen molar-refractivity contribution in [1.82, 2.24) is 0 Å². The van der Waals surface area contributed by atoms with Crippen LogP contribution in [0, 0.1) is 22.7 Å². The van der Waals surface area contributed by atoms with E-state index >= 15 is 0 Å². The molecule has 0 spiro atoms. The monoisotopic (exact) mass is 446 g/mol. The summed E-state index contributed by atoms with van der Waals surface area (Å²) in [7, 11) is 0. The minimum atomic E-state index is -0.993. The van der Waals surface area contributed by atoms with Crippen LogP contribution in [0.5, 0.6) is 0 Å². The molecular weight excluding hydrogens is 408 g/mol. The standard InChI is InChI=1S/C26H38O6/c1-15-7-8-19-24(3,4)9-6-10-25(19,5)18(15)13-26-20(28)12-17(22(30)23(26)32-26)14-31-21(29)11-16(2)27/h12,16,18-19,22-23,27,30H,1,6-11,13-14H2,2-5H3/t16?,18-,19-,22+,23-,25+,26+/m0/s1. The van der Waals surface area contributed by atoms with Gasteiger partial charge in [-0.05, 0) is 67.8 Å². The number of carbonyl (C=O) groups excluding carboxylic acids is 2. The highest BCUT2D eigenvalue weighted by Crippen LogP contribution is 2.64. The average molecular weight is 447 g/mol. The number of fused-ring (bicyclic) bond motifs is 2. The molecule has 2 saturated carbocycles. The van der Waals surface area contributed by atoms with E-state index in [9.17, 15) is 19.8 Å². The van der Waals surface area contributed by atoms with Gasteiger partial charge < -0.3 is 19.7 Å². The number of epoxide rings is 1. The number of allylic oxidation sites excluding steroid dienone is 1. The van der Waals surface area contributed by atoms with E-state index in [4.69, 9.17) is 9.47 Å². The van der Waals surface area contributed by atoms with Crippen LogP contribution < -0.4 is 0 Å². The van der Waals surface area contributed by atoms with Crippen molar-refractivity contribution in [1.29, 1.82) is 0 Å². The quantitative estimate of drug-likeness (QED) is 0.368. The van der Waals surface area contributed by atoms with Crippen LogP contribution in [0.25, 0.3) is 0 Å². The van der Waals surface area contributed by atoms with Crippen LogP contribution in [0.1, 0.15) is 72.6 Å². The van der Waals surface area contributed by atoms with Gasteiger partial charge in [-0.25, -0.2) is 0 Å². The molecular formula is C26H38O6. The Hall–Kier alpha value is -1.50. The van der Waals surface area contributed by atoms with Crippen LogP contribution in [0.15, 0.2) is 23.8 Å². The van der Waals surface area contributed by atoms with Gasteiger partial charge in [-0.2, -0.15) is 0 Å². The predicted molar refractivity (Wildman–Crippen MR) is 120 cm³/mol. The zero-order chi connectivity index (χ0) is 23.5. The summed E-state index contributed by atoms with van der Waals surface area (Å²) in [6, 6.07) is 0. The number of ketones is 1. The van der Waals surface area contributed by atoms with Crippen molar-refractivity contribution in [3.05, 3.63) is 23.8 Å². The summed E-state index contributed by atoms with van der Waals surface area (Å²) in [6.45, 7) is 12.9. The van der Waals surface area contributed by atoms with Gasteiger partial charge in [0.1, 0.15) is 18.8 Å². The number of rotatable bonds is 6. The molecule has 7 atom stereocenters. The smallest absolute Gasteiger partial charge is 0.308 e. The molecule has 0 aromatic heterocycles. The molecule has 1 saturated heterocycles. The fourth-order valence-corrected chi connectivity index (χ4v) is 7.09. The Morgan fingerprint density at radius 2 is 2.06 bits per heavy atom. The van der Waals surface area contributed by atoms with Crippen LogP contribution in [0.4, 0.5) is 0 Å². The second-order valence-corrected chi connectivity index (χ2v) is 11.5. The molecule has 0 aromatic rings. The van der Waals surface area contributed by atoms with E-state index in [1.165, 1.54) is 31.4 Å². The number of esters is 1. The van der Waals surface area contributed by atoms with Crippen molar-refractivity contribution < 1.29 is 29.3 Å². The van der Waals surface area contributed by atoms with Gasteiger partial charge >= 0.3 is 5.97 Å². The predicted octanol–water partition coefficient (Wildman–Crippen LogP) is 3.50. The summed E-state index contributed by atoms with van der Waals surface area (Å²) in [5.74, 6) is 0.0474. The summed E-state index contributed by atoms with van der Waals surface area (Å²) in [5.41, 5.74) is 0.916. The van der Waals surface area contributed by atoms with Gasteiger partial charge in [-0.1, -0.05) is 39.3 Å². The fraction of sp³-hybridized carbons (Fsp3) is 0.769. The van der Waals surface area contributed by atoms with E-state index in [2.05, 4.69) is 27.4 Å². The normalized spacial score (nSPS) is 41.2. The Bertz CT molecular complexity index is 841. The van der Waals surface area contributed by atoms with Gasteiger partial charge in [0.2, 0.25) is 0 Å². The molecule has 178 valence electrons. The van der Waals surface area contributed by atoms with Gasteiger partial charge in [0.25, 0.3) is 0 Å². The molecule has 1 unspecified atom stereocenters. The molecule has 32 heavy (non-hydrogen) atoms. The van der Waals surface area contributed by atoms with Crippen LogP contribution in [0.3, 0.4) is 0 Å². The Morgan fingerprint density at radius 3 is 2.75 bits per heavy atom. The molecule has 3 fully saturated rings. The van der Waals surface area contributed by atoms with E-state index in [1.54, 1.807) is 0 Å². The highest BCUT2D eigenvalue weighted by Gasteiger charge is 2.69. The number of aliphatic hydroxyl groups excluding tert-OH is 2. The molecule has 3 aliphatic carbocycles. The van der Waals surface area contributed by atoms with Crippen LogP contribution in [-0.2, 0) is 19.1 Å². The molecule has 0 aromatic carbocycles. The lowest BCUT2D eigenvalue weighted by atomic mass is 9.46. The Labute approximate surface area is 191 Å². The van der Waals surface area contributed by atoms with E-state index < -0.39 is 29.9 Å². The third-order valence-corrected chi connectivity index (χ3v) is 8.83. The van der Waals surface area contributed by atoms with E-state index in [0.29, 0.717) is 17.9 Å². The summed E-state index contributed by atoms with van der Waals surface area (Å²) in [5, 5.41) is 20.1. The second kappa shape index (κ2) is 8.07. The first-order valence-electron chi connectivity index (χ1n) is 12.0. The molecule has 4 rings (SSSR count). The molecule has 0 radical (unpaired) electrons. The van der Waals surface area contributed by atoms with Crippen molar-refractivity contribution in [2.75, 3.05) is 6.61 Å². The van der Waals surface area contributed by atoms with Crippen molar-refractivity contribution in [3.8, 4) is 0 Å². The van der Waals surface area contributed by atoms with Crippen LogP contribution in [-0.4, -0.2) is 52.5 Å². The minimum absolute atomic E-state index is 0.0775. The van der Waals surface area contributed by atoms with Gasteiger partial charge in [0.05, 0.1) is 12.5 Å². The number of carbonyl (C=O) groups is 2. The van der Waals surface area contributed by atoms with Gasteiger partial charge in [0.15, 0.2) is 11.4 Å². The maximum atomic E-state index is 13.2. The third kappa shape index (κ3) is 3.88. The summed E-state index contributed by atoms with van der Waals surface area (Å²) < 4.78 is 11.1. The van der Waals surface area contributed by atoms with E-state index in [0.717, 1.165) is 19.3 Å². The number of aliphatic hydroxyl groups is 2. The SMILES string of the molecule is C=C1CC[C@H]2C(C)(C)CCC[C@]2(C)[C@H]1C[C@]12O[C@H]1[C@H](O)C(COC(=O)CC(C)O)=CC2=O. The number of hydrogen-bond donors (Lipinski definition) is 2. The fourth-order valence-electron chi connectivity index (χ4n) is 7.09. The van der Waals surface area contributed by atoms with E-state index in [1.807, 2.05) is 0 Å². The lowest BCUT2D eigenvalue weighted by Gasteiger charge is -2.58. The van der Waals surface area contributed by atoms with Crippen LogP contribution in [0.2, 0.25) is 0 Å².